The molecule has 1 aliphatic rings. The number of anilines is 1. The van der Waals surface area contributed by atoms with Crippen molar-refractivity contribution >= 4 is 21.5 Å². The lowest BCUT2D eigenvalue weighted by Crippen LogP contribution is -2.37. The SMILES string of the molecule is CCOc1ccc(S(=O)(=O)N=C(c2ccccc2)N2c3ccccc3CC2C)cc1. The third-order valence-electron chi connectivity index (χ3n) is 5.11. The number of hydrogen-bond donors (Lipinski definition) is 0. The Kier molecular flexibility index (Phi) is 5.59. The van der Waals surface area contributed by atoms with Gasteiger partial charge in [0.25, 0.3) is 10.0 Å². The van der Waals surface area contributed by atoms with E-state index >= 15 is 0 Å². The summed E-state index contributed by atoms with van der Waals surface area (Å²) in [6, 6.07) is 24.0. The summed E-state index contributed by atoms with van der Waals surface area (Å²) in [4.78, 5) is 2.16. The van der Waals surface area contributed by atoms with Crippen molar-refractivity contribution in [1.82, 2.24) is 0 Å². The van der Waals surface area contributed by atoms with E-state index in [2.05, 4.69) is 17.4 Å². The zero-order chi connectivity index (χ0) is 21.1. The summed E-state index contributed by atoms with van der Waals surface area (Å²) in [7, 11) is -3.91. The average Bonchev–Trinajstić information content (AvgIpc) is 3.09. The van der Waals surface area contributed by atoms with Crippen molar-refractivity contribution in [1.29, 1.82) is 0 Å². The molecule has 3 aromatic rings. The van der Waals surface area contributed by atoms with E-state index in [-0.39, 0.29) is 10.9 Å². The van der Waals surface area contributed by atoms with Crippen LogP contribution in [-0.4, -0.2) is 26.9 Å². The predicted octanol–water partition coefficient (Wildman–Crippen LogP) is 4.67. The number of hydrogen-bond acceptors (Lipinski definition) is 3. The molecule has 1 unspecified atom stereocenters. The largest absolute Gasteiger partial charge is 0.494 e. The quantitative estimate of drug-likeness (QED) is 0.444. The lowest BCUT2D eigenvalue weighted by atomic mass is 10.1. The molecule has 6 heteroatoms. The molecule has 30 heavy (non-hydrogen) atoms. The minimum absolute atomic E-state index is 0.0943. The average molecular weight is 421 g/mol. The van der Waals surface area contributed by atoms with Crippen LogP contribution in [0.4, 0.5) is 5.69 Å². The van der Waals surface area contributed by atoms with E-state index < -0.39 is 10.0 Å². The number of nitrogens with zero attached hydrogens (tertiary/aromatic N) is 2. The fraction of sp³-hybridized carbons (Fsp3) is 0.208. The Bertz CT molecular complexity index is 1160. The van der Waals surface area contributed by atoms with Crippen molar-refractivity contribution < 1.29 is 13.2 Å². The summed E-state index contributed by atoms with van der Waals surface area (Å²) >= 11 is 0. The molecule has 0 aliphatic carbocycles. The predicted molar refractivity (Wildman–Crippen MR) is 120 cm³/mol. The third-order valence-corrected chi connectivity index (χ3v) is 6.39. The van der Waals surface area contributed by atoms with Gasteiger partial charge in [0, 0.05) is 17.3 Å². The number of sulfonamides is 1. The topological polar surface area (TPSA) is 59.0 Å². The maximum Gasteiger partial charge on any atom is 0.284 e. The molecule has 0 spiro atoms. The minimum Gasteiger partial charge on any atom is -0.494 e. The molecule has 0 bridgehead atoms. The molecule has 5 nitrogen and oxygen atoms in total. The third kappa shape index (κ3) is 3.96. The van der Waals surface area contributed by atoms with Crippen LogP contribution in [-0.2, 0) is 16.4 Å². The van der Waals surface area contributed by atoms with Crippen LogP contribution in [0.15, 0.2) is 88.2 Å². The monoisotopic (exact) mass is 420 g/mol. The van der Waals surface area contributed by atoms with E-state index in [1.165, 1.54) is 17.7 Å². The van der Waals surface area contributed by atoms with Gasteiger partial charge < -0.3 is 9.64 Å². The van der Waals surface area contributed by atoms with E-state index in [1.807, 2.05) is 60.4 Å². The number of benzene rings is 3. The fourth-order valence-electron chi connectivity index (χ4n) is 3.75. The minimum atomic E-state index is -3.91. The lowest BCUT2D eigenvalue weighted by Gasteiger charge is -2.26. The van der Waals surface area contributed by atoms with E-state index in [9.17, 15) is 8.42 Å². The molecule has 1 aliphatic heterocycles. The van der Waals surface area contributed by atoms with Crippen LogP contribution < -0.4 is 9.64 Å². The highest BCUT2D eigenvalue weighted by Crippen LogP contribution is 2.34. The molecule has 0 saturated carbocycles. The molecule has 0 saturated heterocycles. The normalized spacial score (nSPS) is 16.4. The molecule has 0 amide bonds. The summed E-state index contributed by atoms with van der Waals surface area (Å²) in [6.45, 7) is 4.49. The van der Waals surface area contributed by atoms with E-state index in [0.29, 0.717) is 18.2 Å². The summed E-state index contributed by atoms with van der Waals surface area (Å²) in [5.41, 5.74) is 2.94. The second-order valence-corrected chi connectivity index (χ2v) is 8.82. The molecule has 154 valence electrons. The highest BCUT2D eigenvalue weighted by atomic mass is 32.2. The van der Waals surface area contributed by atoms with Crippen LogP contribution in [0.2, 0.25) is 0 Å². The van der Waals surface area contributed by atoms with Crippen LogP contribution in [0.1, 0.15) is 25.0 Å². The van der Waals surface area contributed by atoms with Crippen molar-refractivity contribution in [2.45, 2.75) is 31.2 Å². The standard InChI is InChI=1S/C24H24N2O3S/c1-3-29-21-13-15-22(16-14-21)30(27,28)25-24(19-9-5-4-6-10-19)26-18(2)17-20-11-7-8-12-23(20)26/h4-16,18H,3,17H2,1-2H3. The van der Waals surface area contributed by atoms with Gasteiger partial charge in [-0.15, -0.1) is 4.40 Å². The molecule has 3 aromatic carbocycles. The van der Waals surface area contributed by atoms with Gasteiger partial charge in [0.1, 0.15) is 5.75 Å². The van der Waals surface area contributed by atoms with Gasteiger partial charge in [0.2, 0.25) is 0 Å². The fourth-order valence-corrected chi connectivity index (χ4v) is 4.76. The highest BCUT2D eigenvalue weighted by molar-refractivity contribution is 7.90. The zero-order valence-corrected chi connectivity index (χ0v) is 17.8. The molecule has 1 atom stereocenters. The number of rotatable bonds is 5. The first-order valence-corrected chi connectivity index (χ1v) is 11.4. The summed E-state index contributed by atoms with van der Waals surface area (Å²) in [5.74, 6) is 1.06. The van der Waals surface area contributed by atoms with Gasteiger partial charge in [0.15, 0.2) is 5.84 Å². The smallest absolute Gasteiger partial charge is 0.284 e. The Morgan fingerprint density at radius 1 is 1.00 bits per heavy atom. The van der Waals surface area contributed by atoms with Crippen molar-refractivity contribution in [3.05, 3.63) is 90.0 Å². The molecule has 0 radical (unpaired) electrons. The maximum atomic E-state index is 13.2. The first kappa shape index (κ1) is 20.2. The van der Waals surface area contributed by atoms with Crippen LogP contribution in [0.5, 0.6) is 5.75 Å². The molecule has 0 aromatic heterocycles. The summed E-state index contributed by atoms with van der Waals surface area (Å²) in [6.07, 6.45) is 0.838. The van der Waals surface area contributed by atoms with E-state index in [0.717, 1.165) is 17.7 Å². The number of fused-ring (bicyclic) bond motifs is 1. The Labute approximate surface area is 177 Å². The van der Waals surface area contributed by atoms with Gasteiger partial charge >= 0.3 is 0 Å². The molecular weight excluding hydrogens is 396 g/mol. The summed E-state index contributed by atoms with van der Waals surface area (Å²) < 4.78 is 36.2. The van der Waals surface area contributed by atoms with Gasteiger partial charge in [-0.25, -0.2) is 0 Å². The van der Waals surface area contributed by atoms with Gasteiger partial charge in [-0.1, -0.05) is 48.5 Å². The first-order chi connectivity index (χ1) is 14.5. The molecule has 4 rings (SSSR count). The van der Waals surface area contributed by atoms with Gasteiger partial charge in [-0.3, -0.25) is 0 Å². The van der Waals surface area contributed by atoms with Gasteiger partial charge in [0.05, 0.1) is 11.5 Å². The Hall–Kier alpha value is -3.12. The van der Waals surface area contributed by atoms with E-state index in [1.54, 1.807) is 12.1 Å². The van der Waals surface area contributed by atoms with Crippen LogP contribution in [0.25, 0.3) is 0 Å². The van der Waals surface area contributed by atoms with Crippen LogP contribution in [0.3, 0.4) is 0 Å². The second kappa shape index (κ2) is 8.32. The molecular formula is C24H24N2O3S. The van der Waals surface area contributed by atoms with E-state index in [4.69, 9.17) is 4.74 Å². The maximum absolute atomic E-state index is 13.2. The van der Waals surface area contributed by atoms with Crippen molar-refractivity contribution in [3.8, 4) is 5.75 Å². The van der Waals surface area contributed by atoms with Crippen molar-refractivity contribution in [2.75, 3.05) is 11.5 Å². The van der Waals surface area contributed by atoms with Gasteiger partial charge in [-0.05, 0) is 56.2 Å². The number of para-hydroxylation sites is 1. The van der Waals surface area contributed by atoms with Crippen LogP contribution >= 0.6 is 0 Å². The first-order valence-electron chi connectivity index (χ1n) is 10.00. The Morgan fingerprint density at radius 3 is 2.37 bits per heavy atom. The van der Waals surface area contributed by atoms with Crippen molar-refractivity contribution in [2.24, 2.45) is 4.40 Å². The number of ether oxygens (including phenoxy) is 1. The highest BCUT2D eigenvalue weighted by Gasteiger charge is 2.31. The molecule has 1 heterocycles. The number of amidine groups is 1. The Morgan fingerprint density at radius 2 is 1.67 bits per heavy atom. The van der Waals surface area contributed by atoms with Crippen molar-refractivity contribution in [3.63, 3.8) is 0 Å². The van der Waals surface area contributed by atoms with Crippen LogP contribution in [0, 0.1) is 0 Å². The van der Waals surface area contributed by atoms with Gasteiger partial charge in [-0.2, -0.15) is 8.42 Å². The Balaban J connectivity index is 1.82. The molecule has 0 fully saturated rings. The second-order valence-electron chi connectivity index (χ2n) is 7.21. The lowest BCUT2D eigenvalue weighted by molar-refractivity contribution is 0.340. The zero-order valence-electron chi connectivity index (χ0n) is 17.0. The molecule has 0 N–H and O–H groups in total. The summed E-state index contributed by atoms with van der Waals surface area (Å²) in [5, 5.41) is 0.